The summed E-state index contributed by atoms with van der Waals surface area (Å²) in [7, 11) is 0. The minimum absolute atomic E-state index is 0.210. The van der Waals surface area contributed by atoms with Crippen LogP contribution in [0.4, 0.5) is 0 Å². The van der Waals surface area contributed by atoms with Crippen LogP contribution in [0.1, 0.15) is 60.2 Å². The van der Waals surface area contributed by atoms with Gasteiger partial charge in [0.1, 0.15) is 0 Å². The van der Waals surface area contributed by atoms with Gasteiger partial charge in [-0.15, -0.1) is 22.9 Å². The van der Waals surface area contributed by atoms with Gasteiger partial charge in [0, 0.05) is 9.75 Å². The Labute approximate surface area is 109 Å². The monoisotopic (exact) mass is 258 g/mol. The van der Waals surface area contributed by atoms with Gasteiger partial charge in [-0.1, -0.05) is 33.1 Å². The van der Waals surface area contributed by atoms with Gasteiger partial charge in [0.2, 0.25) is 0 Å². The van der Waals surface area contributed by atoms with Gasteiger partial charge in [-0.25, -0.2) is 0 Å². The highest BCUT2D eigenvalue weighted by atomic mass is 35.5. The molecule has 0 aliphatic rings. The van der Waals surface area contributed by atoms with E-state index in [9.17, 15) is 0 Å². The minimum atomic E-state index is 0.210. The molecule has 0 radical (unpaired) electrons. The lowest BCUT2D eigenvalue weighted by Crippen LogP contribution is -2.07. The van der Waals surface area contributed by atoms with E-state index in [1.807, 2.05) is 11.3 Å². The van der Waals surface area contributed by atoms with Gasteiger partial charge >= 0.3 is 0 Å². The fraction of sp³-hybridized carbons (Fsp3) is 0.714. The fourth-order valence-electron chi connectivity index (χ4n) is 2.20. The van der Waals surface area contributed by atoms with E-state index >= 15 is 0 Å². The van der Waals surface area contributed by atoms with E-state index in [4.69, 9.17) is 11.6 Å². The molecule has 0 spiro atoms. The molecule has 0 amide bonds. The quantitative estimate of drug-likeness (QED) is 0.561. The third kappa shape index (κ3) is 3.49. The normalized spacial score (nSPS) is 15.1. The Morgan fingerprint density at radius 3 is 2.44 bits per heavy atom. The van der Waals surface area contributed by atoms with E-state index in [2.05, 4.69) is 33.8 Å². The molecule has 0 aromatic carbocycles. The molecule has 0 bridgehead atoms. The van der Waals surface area contributed by atoms with E-state index < -0.39 is 0 Å². The second-order valence-corrected chi connectivity index (χ2v) is 6.51. The van der Waals surface area contributed by atoms with E-state index in [1.54, 1.807) is 0 Å². The number of rotatable bonds is 6. The Morgan fingerprint density at radius 2 is 2.00 bits per heavy atom. The lowest BCUT2D eigenvalue weighted by Gasteiger charge is -2.20. The Bertz CT molecular complexity index is 317. The molecular weight excluding hydrogens is 236 g/mol. The number of hydrogen-bond donors (Lipinski definition) is 0. The fourth-order valence-corrected chi connectivity index (χ4v) is 3.77. The van der Waals surface area contributed by atoms with Gasteiger partial charge in [-0.05, 0) is 37.8 Å². The maximum absolute atomic E-state index is 6.63. The van der Waals surface area contributed by atoms with Crippen LogP contribution in [-0.2, 0) is 0 Å². The molecule has 0 saturated carbocycles. The molecule has 0 aliphatic heterocycles. The molecule has 1 heterocycles. The Morgan fingerprint density at radius 1 is 1.31 bits per heavy atom. The van der Waals surface area contributed by atoms with E-state index in [1.165, 1.54) is 41.0 Å². The van der Waals surface area contributed by atoms with Gasteiger partial charge in [-0.2, -0.15) is 0 Å². The summed E-state index contributed by atoms with van der Waals surface area (Å²) in [5, 5.41) is 0.210. The first-order valence-electron chi connectivity index (χ1n) is 6.31. The first-order valence-corrected chi connectivity index (χ1v) is 7.56. The summed E-state index contributed by atoms with van der Waals surface area (Å²) < 4.78 is 0. The molecule has 1 aromatic rings. The lowest BCUT2D eigenvalue weighted by atomic mass is 9.91. The molecular formula is C14H23ClS. The second-order valence-electron chi connectivity index (χ2n) is 4.58. The smallest absolute Gasteiger partial charge is 0.0624 e. The molecule has 1 rings (SSSR count). The van der Waals surface area contributed by atoms with Crippen molar-refractivity contribution < 1.29 is 0 Å². The highest BCUT2D eigenvalue weighted by Crippen LogP contribution is 2.38. The Hall–Kier alpha value is -0.0100. The van der Waals surface area contributed by atoms with Crippen molar-refractivity contribution in [3.05, 3.63) is 21.4 Å². The zero-order valence-electron chi connectivity index (χ0n) is 10.8. The van der Waals surface area contributed by atoms with Crippen molar-refractivity contribution in [1.82, 2.24) is 0 Å². The minimum Gasteiger partial charge on any atom is -0.146 e. The summed E-state index contributed by atoms with van der Waals surface area (Å²) in [4.78, 5) is 2.77. The van der Waals surface area contributed by atoms with Crippen molar-refractivity contribution in [1.29, 1.82) is 0 Å². The zero-order valence-corrected chi connectivity index (χ0v) is 12.4. The molecule has 0 nitrogen and oxygen atoms in total. The van der Waals surface area contributed by atoms with Gasteiger partial charge in [0.05, 0.1) is 5.38 Å². The molecule has 1 aromatic heterocycles. The van der Waals surface area contributed by atoms with Gasteiger partial charge < -0.3 is 0 Å². The number of hydrogen-bond acceptors (Lipinski definition) is 1. The topological polar surface area (TPSA) is 0 Å². The predicted molar refractivity (Wildman–Crippen MR) is 75.7 cm³/mol. The number of thiophene rings is 1. The standard InChI is InChI=1S/C14H23ClS/c1-5-7-8-12(6-2)14(15)13-9-10(3)16-11(13)4/h9,12,14H,5-8H2,1-4H3. The Balaban J connectivity index is 2.74. The number of unbranched alkanes of at least 4 members (excludes halogenated alkanes) is 1. The maximum atomic E-state index is 6.63. The van der Waals surface area contributed by atoms with Gasteiger partial charge in [0.15, 0.2) is 0 Å². The average Bonchev–Trinajstić information content (AvgIpc) is 2.58. The summed E-state index contributed by atoms with van der Waals surface area (Å²) in [5.74, 6) is 0.634. The molecule has 0 N–H and O–H groups in total. The van der Waals surface area contributed by atoms with Crippen LogP contribution in [0.3, 0.4) is 0 Å². The van der Waals surface area contributed by atoms with Crippen LogP contribution in [0.25, 0.3) is 0 Å². The molecule has 2 unspecified atom stereocenters. The maximum Gasteiger partial charge on any atom is 0.0624 e. The highest BCUT2D eigenvalue weighted by Gasteiger charge is 2.21. The molecule has 16 heavy (non-hydrogen) atoms. The van der Waals surface area contributed by atoms with Crippen LogP contribution in [0.2, 0.25) is 0 Å². The second kappa shape index (κ2) is 6.66. The van der Waals surface area contributed by atoms with Crippen LogP contribution in [-0.4, -0.2) is 0 Å². The third-order valence-electron chi connectivity index (χ3n) is 3.24. The van der Waals surface area contributed by atoms with Gasteiger partial charge in [0.25, 0.3) is 0 Å². The van der Waals surface area contributed by atoms with Crippen molar-refractivity contribution in [3.63, 3.8) is 0 Å². The van der Waals surface area contributed by atoms with E-state index in [0.717, 1.165) is 0 Å². The summed E-state index contributed by atoms with van der Waals surface area (Å²) in [6.07, 6.45) is 5.00. The lowest BCUT2D eigenvalue weighted by molar-refractivity contribution is 0.437. The number of halogens is 1. The molecule has 2 heteroatoms. The molecule has 92 valence electrons. The first kappa shape index (κ1) is 14.1. The first-order chi connectivity index (χ1) is 7.60. The predicted octanol–water partition coefficient (Wildman–Crippen LogP) is 5.86. The van der Waals surface area contributed by atoms with Crippen LogP contribution in [0.5, 0.6) is 0 Å². The van der Waals surface area contributed by atoms with Gasteiger partial charge in [-0.3, -0.25) is 0 Å². The molecule has 2 atom stereocenters. The summed E-state index contributed by atoms with van der Waals surface area (Å²) in [6.45, 7) is 8.85. The number of aryl methyl sites for hydroxylation is 2. The number of alkyl halides is 1. The largest absolute Gasteiger partial charge is 0.146 e. The molecule has 0 fully saturated rings. The van der Waals surface area contributed by atoms with Crippen LogP contribution >= 0.6 is 22.9 Å². The third-order valence-corrected chi connectivity index (χ3v) is 4.82. The van der Waals surface area contributed by atoms with Crippen molar-refractivity contribution in [2.75, 3.05) is 0 Å². The van der Waals surface area contributed by atoms with E-state index in [-0.39, 0.29) is 5.38 Å². The zero-order chi connectivity index (χ0) is 12.1. The van der Waals surface area contributed by atoms with Crippen molar-refractivity contribution in [2.45, 2.75) is 58.8 Å². The highest BCUT2D eigenvalue weighted by molar-refractivity contribution is 7.12. The van der Waals surface area contributed by atoms with Crippen molar-refractivity contribution in [2.24, 2.45) is 5.92 Å². The van der Waals surface area contributed by atoms with Crippen molar-refractivity contribution >= 4 is 22.9 Å². The van der Waals surface area contributed by atoms with Crippen LogP contribution < -0.4 is 0 Å². The summed E-state index contributed by atoms with van der Waals surface area (Å²) in [5.41, 5.74) is 1.37. The van der Waals surface area contributed by atoms with Crippen LogP contribution in [0.15, 0.2) is 6.07 Å². The SMILES string of the molecule is CCCCC(CC)C(Cl)c1cc(C)sc1C. The molecule has 0 saturated heterocycles. The Kier molecular flexibility index (Phi) is 5.85. The molecule has 0 aliphatic carbocycles. The van der Waals surface area contributed by atoms with E-state index in [0.29, 0.717) is 5.92 Å². The van der Waals surface area contributed by atoms with Crippen LogP contribution in [0, 0.1) is 19.8 Å². The van der Waals surface area contributed by atoms with Crippen molar-refractivity contribution in [3.8, 4) is 0 Å². The summed E-state index contributed by atoms with van der Waals surface area (Å²) in [6, 6.07) is 2.27. The average molecular weight is 259 g/mol. The summed E-state index contributed by atoms with van der Waals surface area (Å²) >= 11 is 8.50.